The van der Waals surface area contributed by atoms with Gasteiger partial charge < -0.3 is 9.40 Å². The number of H-pyrrole nitrogens is 1. The van der Waals surface area contributed by atoms with Crippen LogP contribution in [0.25, 0.3) is 28.0 Å². The van der Waals surface area contributed by atoms with E-state index in [1.165, 1.54) is 0 Å². The van der Waals surface area contributed by atoms with E-state index in [1.54, 1.807) is 29.0 Å². The highest BCUT2D eigenvalue weighted by Gasteiger charge is 2.10. The van der Waals surface area contributed by atoms with Gasteiger partial charge in [-0.2, -0.15) is 5.10 Å². The number of hydrogen-bond acceptors (Lipinski definition) is 3. The highest BCUT2D eigenvalue weighted by molar-refractivity contribution is 5.80. The molecule has 0 bridgehead atoms. The van der Waals surface area contributed by atoms with E-state index in [9.17, 15) is 4.79 Å². The lowest BCUT2D eigenvalue weighted by Gasteiger charge is -1.99. The summed E-state index contributed by atoms with van der Waals surface area (Å²) in [6.45, 7) is 0. The maximum atomic E-state index is 12.0. The predicted octanol–water partition coefficient (Wildman–Crippen LogP) is 2.44. The molecule has 0 amide bonds. The molecule has 0 spiro atoms. The maximum absolute atomic E-state index is 12.0. The largest absolute Gasteiger partial charge is 0.463 e. The molecule has 0 fully saturated rings. The number of benzene rings is 1. The normalized spacial score (nSPS) is 11.4. The van der Waals surface area contributed by atoms with E-state index < -0.39 is 0 Å². The van der Waals surface area contributed by atoms with Crippen LogP contribution in [0.3, 0.4) is 0 Å². The number of aromatic amines is 1. The molecule has 0 aliphatic heterocycles. The maximum Gasteiger partial charge on any atom is 0.259 e. The topological polar surface area (TPSA) is 63.3 Å². The molecule has 5 nitrogen and oxygen atoms in total. The van der Waals surface area contributed by atoms with Crippen LogP contribution in [0.1, 0.15) is 0 Å². The van der Waals surface area contributed by atoms with Crippen LogP contribution in [0.2, 0.25) is 0 Å². The lowest BCUT2D eigenvalue weighted by atomic mass is 10.2. The van der Waals surface area contributed by atoms with Gasteiger partial charge in [-0.05, 0) is 24.3 Å². The number of hydrogen-bond donors (Lipinski definition) is 1. The van der Waals surface area contributed by atoms with Crippen molar-refractivity contribution in [2.45, 2.75) is 0 Å². The van der Waals surface area contributed by atoms with E-state index >= 15 is 0 Å². The van der Waals surface area contributed by atoms with Crippen molar-refractivity contribution < 1.29 is 4.42 Å². The summed E-state index contributed by atoms with van der Waals surface area (Å²) in [5, 5.41) is 5.09. The standard InChI is InChI=1S/C14H9N3O2/c18-14-9-4-1-2-5-11(9)17-13(15-14)8-10(16-17)12-6-3-7-19-12/h1-8H,(H,15,18). The highest BCUT2D eigenvalue weighted by atomic mass is 16.3. The van der Waals surface area contributed by atoms with Crippen LogP contribution in [0.15, 0.2) is 57.9 Å². The van der Waals surface area contributed by atoms with Gasteiger partial charge in [-0.3, -0.25) is 4.79 Å². The van der Waals surface area contributed by atoms with Gasteiger partial charge in [0, 0.05) is 6.07 Å². The Hall–Kier alpha value is -2.82. The number of nitrogens with zero attached hydrogens (tertiary/aromatic N) is 2. The second-order valence-corrected chi connectivity index (χ2v) is 4.28. The molecule has 0 saturated carbocycles. The smallest absolute Gasteiger partial charge is 0.259 e. The van der Waals surface area contributed by atoms with Crippen LogP contribution < -0.4 is 5.56 Å². The van der Waals surface area contributed by atoms with Gasteiger partial charge in [0.05, 0.1) is 17.2 Å². The molecular weight excluding hydrogens is 242 g/mol. The Balaban J connectivity index is 2.14. The summed E-state index contributed by atoms with van der Waals surface area (Å²) in [7, 11) is 0. The van der Waals surface area contributed by atoms with Crippen LogP contribution >= 0.6 is 0 Å². The van der Waals surface area contributed by atoms with Gasteiger partial charge in [-0.25, -0.2) is 4.52 Å². The first-order chi connectivity index (χ1) is 9.33. The van der Waals surface area contributed by atoms with E-state index in [2.05, 4.69) is 10.1 Å². The van der Waals surface area contributed by atoms with Crippen molar-refractivity contribution in [1.29, 1.82) is 0 Å². The minimum absolute atomic E-state index is 0.117. The van der Waals surface area contributed by atoms with Gasteiger partial charge in [0.15, 0.2) is 5.76 Å². The highest BCUT2D eigenvalue weighted by Crippen LogP contribution is 2.20. The van der Waals surface area contributed by atoms with Gasteiger partial charge >= 0.3 is 0 Å². The van der Waals surface area contributed by atoms with Crippen LogP contribution in [0.5, 0.6) is 0 Å². The second-order valence-electron chi connectivity index (χ2n) is 4.28. The molecule has 4 rings (SSSR count). The number of fused-ring (bicyclic) bond motifs is 3. The molecule has 0 unspecified atom stereocenters. The van der Waals surface area contributed by atoms with Crippen molar-refractivity contribution in [2.75, 3.05) is 0 Å². The third-order valence-electron chi connectivity index (χ3n) is 3.10. The SMILES string of the molecule is O=c1[nH]c2cc(-c3ccco3)nn2c2ccccc12. The molecular formula is C14H9N3O2. The summed E-state index contributed by atoms with van der Waals surface area (Å²) in [5.41, 5.74) is 2.00. The average Bonchev–Trinajstić information content (AvgIpc) is 3.07. The molecule has 92 valence electrons. The Morgan fingerprint density at radius 2 is 2.05 bits per heavy atom. The van der Waals surface area contributed by atoms with Gasteiger partial charge in [-0.1, -0.05) is 12.1 Å². The molecule has 4 aromatic rings. The van der Waals surface area contributed by atoms with E-state index in [-0.39, 0.29) is 5.56 Å². The summed E-state index contributed by atoms with van der Waals surface area (Å²) < 4.78 is 7.04. The Morgan fingerprint density at radius 1 is 1.16 bits per heavy atom. The van der Waals surface area contributed by atoms with E-state index in [4.69, 9.17) is 4.42 Å². The minimum Gasteiger partial charge on any atom is -0.463 e. The lowest BCUT2D eigenvalue weighted by Crippen LogP contribution is -2.09. The summed E-state index contributed by atoms with van der Waals surface area (Å²) in [5.74, 6) is 0.675. The first-order valence-corrected chi connectivity index (χ1v) is 5.87. The molecule has 5 heteroatoms. The van der Waals surface area contributed by atoms with Crippen LogP contribution in [-0.2, 0) is 0 Å². The molecule has 0 aliphatic rings. The van der Waals surface area contributed by atoms with Crippen molar-refractivity contribution in [2.24, 2.45) is 0 Å². The molecule has 0 atom stereocenters. The molecule has 3 aromatic heterocycles. The van der Waals surface area contributed by atoms with Gasteiger partial charge in [0.2, 0.25) is 0 Å². The van der Waals surface area contributed by atoms with Crippen molar-refractivity contribution in [3.05, 3.63) is 59.1 Å². The predicted molar refractivity (Wildman–Crippen MR) is 71.0 cm³/mol. The third-order valence-corrected chi connectivity index (χ3v) is 3.10. The van der Waals surface area contributed by atoms with Crippen LogP contribution in [-0.4, -0.2) is 14.6 Å². The zero-order valence-corrected chi connectivity index (χ0v) is 9.83. The van der Waals surface area contributed by atoms with Gasteiger partial charge in [-0.15, -0.1) is 0 Å². The zero-order chi connectivity index (χ0) is 12.8. The van der Waals surface area contributed by atoms with Crippen LogP contribution in [0, 0.1) is 0 Å². The van der Waals surface area contributed by atoms with Crippen LogP contribution in [0.4, 0.5) is 0 Å². The van der Waals surface area contributed by atoms with E-state index in [1.807, 2.05) is 24.3 Å². The number of furan rings is 1. The summed E-state index contributed by atoms with van der Waals surface area (Å²) in [6.07, 6.45) is 1.60. The van der Waals surface area contributed by atoms with Crippen molar-refractivity contribution >= 4 is 16.6 Å². The molecule has 0 saturated heterocycles. The molecule has 1 N–H and O–H groups in total. The number of aromatic nitrogens is 3. The monoisotopic (exact) mass is 251 g/mol. The lowest BCUT2D eigenvalue weighted by molar-refractivity contribution is 0.579. The summed E-state index contributed by atoms with van der Waals surface area (Å²) in [6, 6.07) is 12.8. The van der Waals surface area contributed by atoms with Gasteiger partial charge in [0.25, 0.3) is 5.56 Å². The number of nitrogens with one attached hydrogen (secondary N) is 1. The fourth-order valence-electron chi connectivity index (χ4n) is 2.23. The molecule has 19 heavy (non-hydrogen) atoms. The second kappa shape index (κ2) is 3.58. The molecule has 0 radical (unpaired) electrons. The van der Waals surface area contributed by atoms with Gasteiger partial charge in [0.1, 0.15) is 11.3 Å². The Labute approximate surface area is 107 Å². The van der Waals surface area contributed by atoms with Crippen molar-refractivity contribution in [1.82, 2.24) is 14.6 Å². The van der Waals surface area contributed by atoms with E-state index in [0.717, 1.165) is 5.52 Å². The van der Waals surface area contributed by atoms with Crippen molar-refractivity contribution in [3.63, 3.8) is 0 Å². The molecule has 3 heterocycles. The minimum atomic E-state index is -0.117. The van der Waals surface area contributed by atoms with E-state index in [0.29, 0.717) is 22.5 Å². The quantitative estimate of drug-likeness (QED) is 0.565. The summed E-state index contributed by atoms with van der Waals surface area (Å²) >= 11 is 0. The fourth-order valence-corrected chi connectivity index (χ4v) is 2.23. The number of para-hydroxylation sites is 1. The first kappa shape index (κ1) is 10.1. The third kappa shape index (κ3) is 1.41. The molecule has 0 aliphatic carbocycles. The Kier molecular flexibility index (Phi) is 1.91. The van der Waals surface area contributed by atoms with Crippen molar-refractivity contribution in [3.8, 4) is 11.5 Å². The molecule has 1 aromatic carbocycles. The zero-order valence-electron chi connectivity index (χ0n) is 9.83. The number of rotatable bonds is 1. The Bertz CT molecular complexity index is 932. The fraction of sp³-hybridized carbons (Fsp3) is 0. The Morgan fingerprint density at radius 3 is 2.89 bits per heavy atom. The first-order valence-electron chi connectivity index (χ1n) is 5.87. The summed E-state index contributed by atoms with van der Waals surface area (Å²) in [4.78, 5) is 14.8. The average molecular weight is 251 g/mol.